The SMILES string of the molecule is CC(C)(Cl)C#Cc1ccc(Cl)c(Cl)c1. The average Bonchev–Trinajstić information content (AvgIpc) is 2.06. The van der Waals surface area contributed by atoms with Crippen molar-refractivity contribution in [3.05, 3.63) is 33.8 Å². The van der Waals surface area contributed by atoms with E-state index in [1.165, 1.54) is 0 Å². The summed E-state index contributed by atoms with van der Waals surface area (Å²) in [7, 11) is 0. The molecule has 0 amide bonds. The fourth-order valence-electron chi connectivity index (χ4n) is 0.795. The molecule has 0 radical (unpaired) electrons. The standard InChI is InChI=1S/C11H9Cl3/c1-11(2,14)6-5-8-3-4-9(12)10(13)7-8/h3-4,7H,1-2H3. The molecule has 0 aromatic heterocycles. The van der Waals surface area contributed by atoms with Crippen LogP contribution in [0.25, 0.3) is 0 Å². The lowest BCUT2D eigenvalue weighted by Crippen LogP contribution is -2.04. The monoisotopic (exact) mass is 246 g/mol. The summed E-state index contributed by atoms with van der Waals surface area (Å²) in [4.78, 5) is -0.522. The molecule has 0 spiro atoms. The lowest BCUT2D eigenvalue weighted by atomic mass is 10.1. The summed E-state index contributed by atoms with van der Waals surface area (Å²) >= 11 is 17.5. The molecule has 0 saturated heterocycles. The zero-order valence-electron chi connectivity index (χ0n) is 7.87. The number of benzene rings is 1. The summed E-state index contributed by atoms with van der Waals surface area (Å²) in [5, 5.41) is 1.04. The van der Waals surface area contributed by atoms with Crippen molar-refractivity contribution >= 4 is 34.8 Å². The van der Waals surface area contributed by atoms with E-state index >= 15 is 0 Å². The second-order valence-electron chi connectivity index (χ2n) is 3.35. The van der Waals surface area contributed by atoms with Gasteiger partial charge < -0.3 is 0 Å². The number of hydrogen-bond acceptors (Lipinski definition) is 0. The molecule has 74 valence electrons. The van der Waals surface area contributed by atoms with Crippen LogP contribution in [0.5, 0.6) is 0 Å². The molecule has 0 saturated carbocycles. The largest absolute Gasteiger partial charge is 0.106 e. The Morgan fingerprint density at radius 2 is 1.79 bits per heavy atom. The van der Waals surface area contributed by atoms with Gasteiger partial charge in [0.15, 0.2) is 0 Å². The minimum absolute atomic E-state index is 0.505. The quantitative estimate of drug-likeness (QED) is 0.472. The number of rotatable bonds is 0. The van der Waals surface area contributed by atoms with Crippen LogP contribution >= 0.6 is 34.8 Å². The highest BCUT2D eigenvalue weighted by Crippen LogP contribution is 2.22. The van der Waals surface area contributed by atoms with Crippen LogP contribution < -0.4 is 0 Å². The second-order valence-corrected chi connectivity index (χ2v) is 5.11. The molecule has 0 unspecified atom stereocenters. The van der Waals surface area contributed by atoms with Crippen LogP contribution in [0.1, 0.15) is 19.4 Å². The summed E-state index contributed by atoms with van der Waals surface area (Å²) < 4.78 is 0. The molecule has 0 aliphatic carbocycles. The Bertz CT molecular complexity index is 391. The first-order valence-corrected chi connectivity index (χ1v) is 5.19. The first kappa shape index (κ1) is 11.7. The molecule has 0 aliphatic heterocycles. The Balaban J connectivity index is 2.98. The van der Waals surface area contributed by atoms with Crippen LogP contribution in [-0.4, -0.2) is 4.87 Å². The number of alkyl halides is 1. The molecule has 0 heterocycles. The van der Waals surface area contributed by atoms with E-state index in [0.29, 0.717) is 10.0 Å². The first-order chi connectivity index (χ1) is 6.38. The third kappa shape index (κ3) is 3.80. The van der Waals surface area contributed by atoms with Crippen LogP contribution in [-0.2, 0) is 0 Å². The van der Waals surface area contributed by atoms with Crippen molar-refractivity contribution in [1.29, 1.82) is 0 Å². The highest BCUT2D eigenvalue weighted by molar-refractivity contribution is 6.42. The lowest BCUT2D eigenvalue weighted by Gasteiger charge is -2.03. The van der Waals surface area contributed by atoms with E-state index in [9.17, 15) is 0 Å². The van der Waals surface area contributed by atoms with Gasteiger partial charge in [0.05, 0.1) is 14.9 Å². The Kier molecular flexibility index (Phi) is 3.72. The Morgan fingerprint density at radius 3 is 2.29 bits per heavy atom. The Labute approximate surface area is 99.2 Å². The molecule has 0 atom stereocenters. The minimum Gasteiger partial charge on any atom is -0.106 e. The zero-order valence-corrected chi connectivity index (χ0v) is 10.1. The molecule has 0 fully saturated rings. The third-order valence-electron chi connectivity index (χ3n) is 1.42. The molecule has 1 rings (SSSR count). The Hall–Kier alpha value is -0.350. The maximum Gasteiger partial charge on any atom is 0.0997 e. The van der Waals surface area contributed by atoms with Gasteiger partial charge in [0.1, 0.15) is 0 Å². The van der Waals surface area contributed by atoms with Crippen molar-refractivity contribution in [2.24, 2.45) is 0 Å². The van der Waals surface area contributed by atoms with Gasteiger partial charge in [0.2, 0.25) is 0 Å². The highest BCUT2D eigenvalue weighted by atomic mass is 35.5. The van der Waals surface area contributed by atoms with Crippen LogP contribution in [0.3, 0.4) is 0 Å². The maximum absolute atomic E-state index is 5.92. The molecule has 0 nitrogen and oxygen atoms in total. The van der Waals surface area contributed by atoms with Crippen LogP contribution in [0, 0.1) is 11.8 Å². The molecule has 14 heavy (non-hydrogen) atoms. The van der Waals surface area contributed by atoms with E-state index < -0.39 is 4.87 Å². The van der Waals surface area contributed by atoms with Gasteiger partial charge in [-0.25, -0.2) is 0 Å². The van der Waals surface area contributed by atoms with Crippen molar-refractivity contribution in [2.75, 3.05) is 0 Å². The summed E-state index contributed by atoms with van der Waals surface area (Å²) in [5.41, 5.74) is 0.813. The smallest absolute Gasteiger partial charge is 0.0997 e. The molecular formula is C11H9Cl3. The first-order valence-electron chi connectivity index (χ1n) is 4.05. The third-order valence-corrected chi connectivity index (χ3v) is 2.26. The second kappa shape index (κ2) is 4.45. The molecular weight excluding hydrogens is 238 g/mol. The van der Waals surface area contributed by atoms with Crippen LogP contribution in [0.4, 0.5) is 0 Å². The fraction of sp³-hybridized carbons (Fsp3) is 0.273. The Morgan fingerprint density at radius 1 is 1.14 bits per heavy atom. The van der Waals surface area contributed by atoms with Gasteiger partial charge in [-0.05, 0) is 32.0 Å². The van der Waals surface area contributed by atoms with Crippen molar-refractivity contribution in [2.45, 2.75) is 18.7 Å². The normalized spacial score (nSPS) is 10.6. The van der Waals surface area contributed by atoms with Gasteiger partial charge >= 0.3 is 0 Å². The average molecular weight is 248 g/mol. The van der Waals surface area contributed by atoms with Gasteiger partial charge in [0, 0.05) is 5.56 Å². The zero-order chi connectivity index (χ0) is 10.8. The summed E-state index contributed by atoms with van der Waals surface area (Å²) in [6.07, 6.45) is 0. The van der Waals surface area contributed by atoms with E-state index in [2.05, 4.69) is 11.8 Å². The fourth-order valence-corrected chi connectivity index (χ4v) is 1.14. The highest BCUT2D eigenvalue weighted by Gasteiger charge is 2.06. The molecule has 3 heteroatoms. The van der Waals surface area contributed by atoms with Crippen LogP contribution in [0.2, 0.25) is 10.0 Å². The van der Waals surface area contributed by atoms with Crippen molar-refractivity contribution < 1.29 is 0 Å². The van der Waals surface area contributed by atoms with Crippen LogP contribution in [0.15, 0.2) is 18.2 Å². The number of halogens is 3. The van der Waals surface area contributed by atoms with E-state index in [-0.39, 0.29) is 0 Å². The van der Waals surface area contributed by atoms with E-state index in [4.69, 9.17) is 34.8 Å². The molecule has 1 aromatic carbocycles. The van der Waals surface area contributed by atoms with E-state index in [1.54, 1.807) is 12.1 Å². The number of hydrogen-bond donors (Lipinski definition) is 0. The summed E-state index contributed by atoms with van der Waals surface area (Å²) in [6.45, 7) is 3.66. The predicted molar refractivity (Wildman–Crippen MR) is 63.3 cm³/mol. The van der Waals surface area contributed by atoms with Crippen molar-refractivity contribution in [1.82, 2.24) is 0 Å². The minimum atomic E-state index is -0.522. The predicted octanol–water partition coefficient (Wildman–Crippen LogP) is 4.36. The van der Waals surface area contributed by atoms with Gasteiger partial charge in [0.25, 0.3) is 0 Å². The van der Waals surface area contributed by atoms with E-state index in [1.807, 2.05) is 19.9 Å². The molecule has 0 aliphatic rings. The molecule has 0 bridgehead atoms. The molecule has 0 N–H and O–H groups in total. The van der Waals surface area contributed by atoms with Gasteiger partial charge in [-0.1, -0.05) is 35.0 Å². The lowest BCUT2D eigenvalue weighted by molar-refractivity contribution is 0.917. The molecule has 1 aromatic rings. The van der Waals surface area contributed by atoms with Gasteiger partial charge in [-0.3, -0.25) is 0 Å². The summed E-state index contributed by atoms with van der Waals surface area (Å²) in [5.74, 6) is 5.83. The van der Waals surface area contributed by atoms with Gasteiger partial charge in [-0.2, -0.15) is 0 Å². The van der Waals surface area contributed by atoms with Crippen molar-refractivity contribution in [3.63, 3.8) is 0 Å². The summed E-state index contributed by atoms with van der Waals surface area (Å²) in [6, 6.07) is 5.25. The van der Waals surface area contributed by atoms with E-state index in [0.717, 1.165) is 5.56 Å². The van der Waals surface area contributed by atoms with Gasteiger partial charge in [-0.15, -0.1) is 11.6 Å². The maximum atomic E-state index is 5.92. The topological polar surface area (TPSA) is 0 Å². The van der Waals surface area contributed by atoms with Crippen molar-refractivity contribution in [3.8, 4) is 11.8 Å².